The van der Waals surface area contributed by atoms with Gasteiger partial charge in [-0.05, 0) is 42.0 Å². The molecule has 2 aromatic rings. The van der Waals surface area contributed by atoms with Gasteiger partial charge in [0.05, 0.1) is 7.11 Å². The Balaban J connectivity index is 1.55. The fourth-order valence-electron chi connectivity index (χ4n) is 4.91. The fraction of sp³-hybridized carbons (Fsp3) is 0.520. The predicted molar refractivity (Wildman–Crippen MR) is 118 cm³/mol. The lowest BCUT2D eigenvalue weighted by molar-refractivity contribution is 0.103. The van der Waals surface area contributed by atoms with Crippen LogP contribution in [0.1, 0.15) is 49.3 Å². The molecular weight excluding hydrogens is 360 g/mol. The van der Waals surface area contributed by atoms with Crippen molar-refractivity contribution in [2.75, 3.05) is 33.3 Å². The van der Waals surface area contributed by atoms with Gasteiger partial charge >= 0.3 is 0 Å². The fourth-order valence-corrected chi connectivity index (χ4v) is 4.91. The summed E-state index contributed by atoms with van der Waals surface area (Å²) in [5.41, 5.74) is 2.54. The highest BCUT2D eigenvalue weighted by atomic mass is 16.5. The van der Waals surface area contributed by atoms with Crippen molar-refractivity contribution in [1.82, 2.24) is 10.2 Å². The van der Waals surface area contributed by atoms with Crippen molar-refractivity contribution in [2.24, 2.45) is 5.92 Å². The Bertz CT molecular complexity index is 735. The number of nitrogens with one attached hydrogen (secondary N) is 1. The molecule has 0 bridgehead atoms. The molecule has 1 aliphatic carbocycles. The third-order valence-corrected chi connectivity index (χ3v) is 6.41. The third-order valence-electron chi connectivity index (χ3n) is 6.41. The highest BCUT2D eigenvalue weighted by Gasteiger charge is 2.31. The first-order valence-electron chi connectivity index (χ1n) is 11.1. The van der Waals surface area contributed by atoms with Gasteiger partial charge in [-0.2, -0.15) is 0 Å². The van der Waals surface area contributed by atoms with Crippen LogP contribution in [-0.4, -0.2) is 38.2 Å². The van der Waals surface area contributed by atoms with E-state index in [4.69, 9.17) is 9.47 Å². The van der Waals surface area contributed by atoms with Crippen LogP contribution < -0.4 is 14.8 Å². The van der Waals surface area contributed by atoms with E-state index >= 15 is 0 Å². The second-order valence-electron chi connectivity index (χ2n) is 8.31. The average Bonchev–Trinajstić information content (AvgIpc) is 2.80. The zero-order valence-electron chi connectivity index (χ0n) is 17.6. The minimum atomic E-state index is 0.481. The van der Waals surface area contributed by atoms with Crippen molar-refractivity contribution < 1.29 is 9.47 Å². The van der Waals surface area contributed by atoms with Gasteiger partial charge < -0.3 is 14.8 Å². The number of benzene rings is 2. The first kappa shape index (κ1) is 20.2. The van der Waals surface area contributed by atoms with Gasteiger partial charge in [0.2, 0.25) is 0 Å². The van der Waals surface area contributed by atoms with E-state index in [0.717, 1.165) is 43.6 Å². The van der Waals surface area contributed by atoms with E-state index in [9.17, 15) is 0 Å². The normalized spacial score (nSPS) is 19.6. The SMILES string of the molecule is COc1cc([C@@H](C2CCCCC2)N2CCNCC2)ccc1OCc1ccccc1. The van der Waals surface area contributed by atoms with Crippen LogP contribution in [0.25, 0.3) is 0 Å². The molecule has 0 aromatic heterocycles. The van der Waals surface area contributed by atoms with Crippen LogP contribution in [0.4, 0.5) is 0 Å². The highest BCUT2D eigenvalue weighted by Crippen LogP contribution is 2.41. The Labute approximate surface area is 175 Å². The number of piperazine rings is 1. The van der Waals surface area contributed by atoms with E-state index < -0.39 is 0 Å². The maximum absolute atomic E-state index is 6.09. The average molecular weight is 395 g/mol. The molecule has 1 atom stereocenters. The number of nitrogens with zero attached hydrogens (tertiary/aromatic N) is 1. The molecule has 0 amide bonds. The Morgan fingerprint density at radius 1 is 0.966 bits per heavy atom. The minimum Gasteiger partial charge on any atom is -0.493 e. The molecular formula is C25H34N2O2. The Morgan fingerprint density at radius 3 is 2.45 bits per heavy atom. The summed E-state index contributed by atoms with van der Waals surface area (Å²) in [5, 5.41) is 3.50. The second kappa shape index (κ2) is 10.1. The molecule has 0 spiro atoms. The summed E-state index contributed by atoms with van der Waals surface area (Å²) in [7, 11) is 1.74. The summed E-state index contributed by atoms with van der Waals surface area (Å²) >= 11 is 0. The summed E-state index contributed by atoms with van der Waals surface area (Å²) in [6.07, 6.45) is 6.79. The van der Waals surface area contributed by atoms with Crippen molar-refractivity contribution in [3.8, 4) is 11.5 Å². The lowest BCUT2D eigenvalue weighted by atomic mass is 9.80. The number of hydrogen-bond acceptors (Lipinski definition) is 4. The van der Waals surface area contributed by atoms with Crippen molar-refractivity contribution in [3.63, 3.8) is 0 Å². The van der Waals surface area contributed by atoms with Gasteiger partial charge in [0.15, 0.2) is 11.5 Å². The molecule has 2 aliphatic rings. The van der Waals surface area contributed by atoms with Gasteiger partial charge in [-0.3, -0.25) is 4.90 Å². The van der Waals surface area contributed by atoms with Crippen molar-refractivity contribution in [3.05, 3.63) is 59.7 Å². The summed E-state index contributed by atoms with van der Waals surface area (Å²) in [4.78, 5) is 2.69. The van der Waals surface area contributed by atoms with Gasteiger partial charge in [0.25, 0.3) is 0 Å². The maximum Gasteiger partial charge on any atom is 0.161 e. The summed E-state index contributed by atoms with van der Waals surface area (Å²) in [5.74, 6) is 2.40. The molecule has 4 nitrogen and oxygen atoms in total. The maximum atomic E-state index is 6.09. The predicted octanol–water partition coefficient (Wildman–Crippen LogP) is 4.80. The molecule has 1 saturated heterocycles. The molecule has 2 aromatic carbocycles. The molecule has 1 aliphatic heterocycles. The van der Waals surface area contributed by atoms with Crippen LogP contribution in [0.2, 0.25) is 0 Å². The highest BCUT2D eigenvalue weighted by molar-refractivity contribution is 5.44. The molecule has 4 rings (SSSR count). The van der Waals surface area contributed by atoms with Crippen LogP contribution in [-0.2, 0) is 6.61 Å². The Morgan fingerprint density at radius 2 is 1.72 bits per heavy atom. The molecule has 1 saturated carbocycles. The van der Waals surface area contributed by atoms with Gasteiger partial charge in [-0.25, -0.2) is 0 Å². The third kappa shape index (κ3) is 5.12. The summed E-state index contributed by atoms with van der Waals surface area (Å²) in [6, 6.07) is 17.4. The Kier molecular flexibility index (Phi) is 7.07. The van der Waals surface area contributed by atoms with Crippen LogP contribution in [0.3, 0.4) is 0 Å². The number of hydrogen-bond donors (Lipinski definition) is 1. The van der Waals surface area contributed by atoms with Gasteiger partial charge in [-0.1, -0.05) is 55.7 Å². The van der Waals surface area contributed by atoms with Crippen molar-refractivity contribution >= 4 is 0 Å². The lowest BCUT2D eigenvalue weighted by Gasteiger charge is -2.41. The number of ether oxygens (including phenoxy) is 2. The zero-order chi connectivity index (χ0) is 19.9. The molecule has 2 fully saturated rings. The molecule has 0 radical (unpaired) electrons. The minimum absolute atomic E-state index is 0.481. The zero-order valence-corrected chi connectivity index (χ0v) is 17.6. The first-order valence-corrected chi connectivity index (χ1v) is 11.1. The molecule has 1 heterocycles. The molecule has 1 N–H and O–H groups in total. The topological polar surface area (TPSA) is 33.7 Å². The van der Waals surface area contributed by atoms with Gasteiger partial charge in [-0.15, -0.1) is 0 Å². The quantitative estimate of drug-likeness (QED) is 0.731. The van der Waals surface area contributed by atoms with E-state index in [1.165, 1.54) is 43.2 Å². The van der Waals surface area contributed by atoms with E-state index in [1.54, 1.807) is 7.11 Å². The number of rotatable bonds is 7. The largest absolute Gasteiger partial charge is 0.493 e. The van der Waals surface area contributed by atoms with Gasteiger partial charge in [0.1, 0.15) is 6.61 Å². The second-order valence-corrected chi connectivity index (χ2v) is 8.31. The molecule has 4 heteroatoms. The van der Waals surface area contributed by atoms with Crippen molar-refractivity contribution in [1.29, 1.82) is 0 Å². The summed E-state index contributed by atoms with van der Waals surface area (Å²) < 4.78 is 11.8. The first-order chi connectivity index (χ1) is 14.3. The van der Waals surface area contributed by atoms with Crippen LogP contribution >= 0.6 is 0 Å². The molecule has 156 valence electrons. The van der Waals surface area contributed by atoms with Gasteiger partial charge in [0, 0.05) is 32.2 Å². The van der Waals surface area contributed by atoms with E-state index in [2.05, 4.69) is 40.5 Å². The van der Waals surface area contributed by atoms with Crippen LogP contribution in [0, 0.1) is 5.92 Å². The summed E-state index contributed by atoms with van der Waals surface area (Å²) in [6.45, 7) is 4.96. The van der Waals surface area contributed by atoms with Crippen molar-refractivity contribution in [2.45, 2.75) is 44.8 Å². The number of methoxy groups -OCH3 is 1. The van der Waals surface area contributed by atoms with Crippen LogP contribution in [0.15, 0.2) is 48.5 Å². The lowest BCUT2D eigenvalue weighted by Crippen LogP contribution is -2.47. The molecule has 0 unspecified atom stereocenters. The van der Waals surface area contributed by atoms with E-state index in [1.807, 2.05) is 18.2 Å². The van der Waals surface area contributed by atoms with E-state index in [0.29, 0.717) is 12.6 Å². The molecule has 29 heavy (non-hydrogen) atoms. The standard InChI is InChI=1S/C25H34N2O2/c1-28-24-18-22(12-13-23(24)29-19-20-8-4-2-5-9-20)25(21-10-6-3-7-11-21)27-16-14-26-15-17-27/h2,4-5,8-9,12-13,18,21,25-26H,3,6-7,10-11,14-17,19H2,1H3/t25-/m1/s1. The van der Waals surface area contributed by atoms with E-state index in [-0.39, 0.29) is 0 Å². The Hall–Kier alpha value is -2.04. The monoisotopic (exact) mass is 394 g/mol. The van der Waals surface area contributed by atoms with Crippen LogP contribution in [0.5, 0.6) is 11.5 Å². The smallest absolute Gasteiger partial charge is 0.161 e.